The Kier molecular flexibility index (Phi) is 5.09. The van der Waals surface area contributed by atoms with Gasteiger partial charge in [0.15, 0.2) is 0 Å². The third kappa shape index (κ3) is 3.54. The van der Waals surface area contributed by atoms with Crippen molar-refractivity contribution in [2.24, 2.45) is 0 Å². The van der Waals surface area contributed by atoms with Crippen LogP contribution in [0, 0.1) is 11.3 Å². The first kappa shape index (κ1) is 15.4. The van der Waals surface area contributed by atoms with E-state index in [1.165, 1.54) is 10.5 Å². The minimum atomic E-state index is -0.401. The lowest BCUT2D eigenvalue weighted by Crippen LogP contribution is -2.55. The molecule has 0 saturated carbocycles. The quantitative estimate of drug-likeness (QED) is 0.797. The van der Waals surface area contributed by atoms with Gasteiger partial charge in [0, 0.05) is 37.5 Å². The molecule has 4 heteroatoms. The zero-order valence-electron chi connectivity index (χ0n) is 12.6. The fraction of sp³-hybridized carbons (Fsp3) is 0.562. The van der Waals surface area contributed by atoms with Gasteiger partial charge in [0.25, 0.3) is 0 Å². The van der Waals surface area contributed by atoms with Gasteiger partial charge in [-0.2, -0.15) is 5.26 Å². The van der Waals surface area contributed by atoms with Crippen molar-refractivity contribution in [1.29, 1.82) is 5.26 Å². The van der Waals surface area contributed by atoms with E-state index in [1.54, 1.807) is 11.8 Å². The second-order valence-corrected chi connectivity index (χ2v) is 6.58. The molecule has 0 bridgehead atoms. The summed E-state index contributed by atoms with van der Waals surface area (Å²) in [7, 11) is 2.14. The molecule has 1 aromatic rings. The number of rotatable bonds is 4. The Bertz CT molecular complexity index is 471. The van der Waals surface area contributed by atoms with E-state index in [4.69, 9.17) is 0 Å². The van der Waals surface area contributed by atoms with Gasteiger partial charge in [0.05, 0.1) is 6.07 Å². The fourth-order valence-corrected chi connectivity index (χ4v) is 3.07. The summed E-state index contributed by atoms with van der Waals surface area (Å²) >= 11 is 1.75. The summed E-state index contributed by atoms with van der Waals surface area (Å²) in [5.74, 6) is 0. The third-order valence-corrected chi connectivity index (χ3v) is 4.89. The molecule has 20 heavy (non-hydrogen) atoms. The summed E-state index contributed by atoms with van der Waals surface area (Å²) in [6.45, 7) is 6.11. The first-order valence-electron chi connectivity index (χ1n) is 7.05. The average molecular weight is 289 g/mol. The fourth-order valence-electron chi connectivity index (χ4n) is 2.66. The molecule has 0 N–H and O–H groups in total. The van der Waals surface area contributed by atoms with Crippen LogP contribution < -0.4 is 0 Å². The van der Waals surface area contributed by atoms with E-state index in [9.17, 15) is 5.26 Å². The van der Waals surface area contributed by atoms with Gasteiger partial charge in [-0.25, -0.2) is 0 Å². The van der Waals surface area contributed by atoms with Crippen molar-refractivity contribution >= 4 is 11.8 Å². The molecule has 1 aliphatic rings. The number of thioether (sulfide) groups is 1. The van der Waals surface area contributed by atoms with Crippen LogP contribution in [0.15, 0.2) is 29.2 Å². The van der Waals surface area contributed by atoms with Crippen molar-refractivity contribution in [3.63, 3.8) is 0 Å². The smallest absolute Gasteiger partial charge is 0.110 e. The zero-order chi connectivity index (χ0) is 14.6. The summed E-state index contributed by atoms with van der Waals surface area (Å²) in [4.78, 5) is 5.92. The van der Waals surface area contributed by atoms with E-state index in [-0.39, 0.29) is 0 Å². The Morgan fingerprint density at radius 3 is 2.30 bits per heavy atom. The highest BCUT2D eigenvalue weighted by molar-refractivity contribution is 7.98. The van der Waals surface area contributed by atoms with E-state index in [0.29, 0.717) is 0 Å². The van der Waals surface area contributed by atoms with Crippen LogP contribution in [0.3, 0.4) is 0 Å². The van der Waals surface area contributed by atoms with Gasteiger partial charge < -0.3 is 4.90 Å². The van der Waals surface area contributed by atoms with Gasteiger partial charge in [0.2, 0.25) is 0 Å². The van der Waals surface area contributed by atoms with E-state index >= 15 is 0 Å². The van der Waals surface area contributed by atoms with E-state index in [2.05, 4.69) is 60.4 Å². The maximum Gasteiger partial charge on any atom is 0.110 e. The normalized spacial score (nSPS) is 20.3. The number of benzene rings is 1. The molecule has 1 aliphatic heterocycles. The second kappa shape index (κ2) is 6.62. The minimum absolute atomic E-state index is 0.401. The summed E-state index contributed by atoms with van der Waals surface area (Å²) in [5.41, 5.74) is 0.841. The van der Waals surface area contributed by atoms with E-state index < -0.39 is 5.54 Å². The van der Waals surface area contributed by atoms with Crippen LogP contribution in [0.2, 0.25) is 0 Å². The lowest BCUT2D eigenvalue weighted by molar-refractivity contribution is 0.0835. The van der Waals surface area contributed by atoms with E-state index in [1.807, 2.05) is 0 Å². The SMILES string of the molecule is CSc1ccc(CC(C)(C#N)N2CCN(C)CC2)cc1. The summed E-state index contributed by atoms with van der Waals surface area (Å²) in [5, 5.41) is 9.66. The van der Waals surface area contributed by atoms with Crippen LogP contribution in [-0.2, 0) is 6.42 Å². The zero-order valence-corrected chi connectivity index (χ0v) is 13.4. The average Bonchev–Trinajstić information content (AvgIpc) is 2.48. The Morgan fingerprint density at radius 2 is 1.80 bits per heavy atom. The molecule has 0 aromatic heterocycles. The molecule has 108 valence electrons. The number of piperazine rings is 1. The Morgan fingerprint density at radius 1 is 1.20 bits per heavy atom. The summed E-state index contributed by atoms with van der Waals surface area (Å²) < 4.78 is 0. The lowest BCUT2D eigenvalue weighted by atomic mass is 9.91. The van der Waals surface area contributed by atoms with Crippen molar-refractivity contribution in [3.05, 3.63) is 29.8 Å². The number of nitrogens with zero attached hydrogens (tertiary/aromatic N) is 3. The van der Waals surface area contributed by atoms with Crippen molar-refractivity contribution < 1.29 is 0 Å². The number of likely N-dealkylation sites (N-methyl/N-ethyl adjacent to an activating group) is 1. The molecular formula is C16H23N3S. The van der Waals surface area contributed by atoms with E-state index in [0.717, 1.165) is 32.6 Å². The van der Waals surface area contributed by atoms with Crippen LogP contribution in [-0.4, -0.2) is 54.8 Å². The van der Waals surface area contributed by atoms with Crippen molar-refractivity contribution in [2.45, 2.75) is 23.8 Å². The largest absolute Gasteiger partial charge is 0.304 e. The molecular weight excluding hydrogens is 266 g/mol. The number of nitriles is 1. The van der Waals surface area contributed by atoms with Crippen LogP contribution >= 0.6 is 11.8 Å². The first-order chi connectivity index (χ1) is 9.57. The number of hydrogen-bond donors (Lipinski definition) is 0. The summed E-state index contributed by atoms with van der Waals surface area (Å²) in [6.07, 6.45) is 2.88. The van der Waals surface area contributed by atoms with Gasteiger partial charge in [-0.05, 0) is 37.9 Å². The molecule has 0 amide bonds. The van der Waals surface area contributed by atoms with Crippen LogP contribution in [0.5, 0.6) is 0 Å². The van der Waals surface area contributed by atoms with Gasteiger partial charge in [-0.3, -0.25) is 4.90 Å². The van der Waals surface area contributed by atoms with Crippen LogP contribution in [0.4, 0.5) is 0 Å². The molecule has 1 atom stereocenters. The third-order valence-electron chi connectivity index (χ3n) is 4.15. The predicted molar refractivity (Wildman–Crippen MR) is 85.0 cm³/mol. The van der Waals surface area contributed by atoms with Crippen molar-refractivity contribution in [1.82, 2.24) is 9.80 Å². The Hall–Kier alpha value is -1.02. The summed E-state index contributed by atoms with van der Waals surface area (Å²) in [6, 6.07) is 11.1. The molecule has 2 rings (SSSR count). The molecule has 0 radical (unpaired) electrons. The van der Waals surface area contributed by atoms with Crippen molar-refractivity contribution in [2.75, 3.05) is 39.5 Å². The lowest BCUT2D eigenvalue weighted by Gasteiger charge is -2.41. The molecule has 1 aromatic carbocycles. The Balaban J connectivity index is 2.08. The molecule has 3 nitrogen and oxygen atoms in total. The first-order valence-corrected chi connectivity index (χ1v) is 8.27. The monoisotopic (exact) mass is 289 g/mol. The minimum Gasteiger partial charge on any atom is -0.304 e. The maximum atomic E-state index is 9.66. The predicted octanol–water partition coefficient (Wildman–Crippen LogP) is 2.48. The second-order valence-electron chi connectivity index (χ2n) is 5.70. The molecule has 1 fully saturated rings. The Labute approximate surface area is 126 Å². The topological polar surface area (TPSA) is 30.3 Å². The highest BCUT2D eigenvalue weighted by atomic mass is 32.2. The van der Waals surface area contributed by atoms with Gasteiger partial charge in [-0.1, -0.05) is 12.1 Å². The molecule has 1 heterocycles. The van der Waals surface area contributed by atoms with Crippen molar-refractivity contribution in [3.8, 4) is 6.07 Å². The highest BCUT2D eigenvalue weighted by Gasteiger charge is 2.33. The van der Waals surface area contributed by atoms with Crippen LogP contribution in [0.25, 0.3) is 0 Å². The maximum absolute atomic E-state index is 9.66. The number of hydrogen-bond acceptors (Lipinski definition) is 4. The van der Waals surface area contributed by atoms with Gasteiger partial charge in [0.1, 0.15) is 5.54 Å². The molecule has 0 aliphatic carbocycles. The molecule has 1 unspecified atom stereocenters. The van der Waals surface area contributed by atoms with Crippen LogP contribution in [0.1, 0.15) is 12.5 Å². The molecule has 0 spiro atoms. The highest BCUT2D eigenvalue weighted by Crippen LogP contribution is 2.23. The van der Waals surface area contributed by atoms with Gasteiger partial charge >= 0.3 is 0 Å². The molecule has 1 saturated heterocycles. The standard InChI is InChI=1S/C16H23N3S/c1-16(13-17,19-10-8-18(2)9-11-19)12-14-4-6-15(20-3)7-5-14/h4-7H,8-12H2,1-3H3. The van der Waals surface area contributed by atoms with Gasteiger partial charge in [-0.15, -0.1) is 11.8 Å².